The number of aromatic nitrogens is 3. The Morgan fingerprint density at radius 2 is 1.94 bits per heavy atom. The fourth-order valence-electron chi connectivity index (χ4n) is 1.61. The average molecular weight is 233 g/mol. The molecular weight excluding hydrogens is 221 g/mol. The summed E-state index contributed by atoms with van der Waals surface area (Å²) >= 11 is 0. The van der Waals surface area contributed by atoms with E-state index in [4.69, 9.17) is 0 Å². The highest BCUT2D eigenvalue weighted by atomic mass is 19.1. The number of carbonyl (C=O) groups is 1. The molecule has 0 amide bonds. The first-order valence-electron chi connectivity index (χ1n) is 5.29. The van der Waals surface area contributed by atoms with Crippen LogP contribution in [0.15, 0.2) is 24.3 Å². The average Bonchev–Trinajstić information content (AvgIpc) is 2.73. The Hall–Kier alpha value is -2.04. The van der Waals surface area contributed by atoms with Gasteiger partial charge in [0.1, 0.15) is 17.2 Å². The first-order chi connectivity index (χ1) is 8.13. The molecule has 0 atom stereocenters. The van der Waals surface area contributed by atoms with Gasteiger partial charge in [-0.1, -0.05) is 5.21 Å². The standard InChI is InChI=1S/C12H12FN3O/c1-8(2)16-11(7-17)12(14-15-16)9-3-5-10(13)6-4-9/h3-8H,1-2H3. The molecule has 17 heavy (non-hydrogen) atoms. The van der Waals surface area contributed by atoms with E-state index in [2.05, 4.69) is 10.3 Å². The van der Waals surface area contributed by atoms with Crippen LogP contribution in [0.5, 0.6) is 0 Å². The van der Waals surface area contributed by atoms with Crippen LogP contribution in [0.25, 0.3) is 11.3 Å². The second-order valence-corrected chi connectivity index (χ2v) is 3.99. The number of carbonyl (C=O) groups excluding carboxylic acids is 1. The molecule has 2 aromatic rings. The molecule has 0 N–H and O–H groups in total. The van der Waals surface area contributed by atoms with E-state index < -0.39 is 0 Å². The number of hydrogen-bond donors (Lipinski definition) is 0. The van der Waals surface area contributed by atoms with Crippen LogP contribution >= 0.6 is 0 Å². The summed E-state index contributed by atoms with van der Waals surface area (Å²) in [7, 11) is 0. The van der Waals surface area contributed by atoms with E-state index in [0.717, 1.165) is 6.29 Å². The normalized spacial score (nSPS) is 10.8. The molecule has 88 valence electrons. The molecule has 4 nitrogen and oxygen atoms in total. The molecular formula is C12H12FN3O. The van der Waals surface area contributed by atoms with Gasteiger partial charge in [-0.05, 0) is 38.1 Å². The Morgan fingerprint density at radius 1 is 1.29 bits per heavy atom. The van der Waals surface area contributed by atoms with E-state index in [9.17, 15) is 9.18 Å². The Bertz CT molecular complexity index is 531. The lowest BCUT2D eigenvalue weighted by atomic mass is 10.1. The van der Waals surface area contributed by atoms with Gasteiger partial charge in [-0.15, -0.1) is 5.10 Å². The molecule has 0 spiro atoms. The molecule has 0 aliphatic heterocycles. The number of nitrogens with zero attached hydrogens (tertiary/aromatic N) is 3. The molecule has 1 aromatic heterocycles. The first kappa shape index (κ1) is 11.4. The molecule has 0 saturated carbocycles. The summed E-state index contributed by atoms with van der Waals surface area (Å²) in [4.78, 5) is 11.1. The van der Waals surface area contributed by atoms with Crippen molar-refractivity contribution in [2.24, 2.45) is 0 Å². The smallest absolute Gasteiger partial charge is 0.170 e. The molecule has 0 radical (unpaired) electrons. The van der Waals surface area contributed by atoms with E-state index in [0.29, 0.717) is 17.0 Å². The van der Waals surface area contributed by atoms with E-state index in [1.165, 1.54) is 12.1 Å². The van der Waals surface area contributed by atoms with Crippen molar-refractivity contribution in [3.8, 4) is 11.3 Å². The largest absolute Gasteiger partial charge is 0.296 e. The van der Waals surface area contributed by atoms with Crippen molar-refractivity contribution in [3.63, 3.8) is 0 Å². The maximum Gasteiger partial charge on any atom is 0.170 e. The van der Waals surface area contributed by atoms with Crippen molar-refractivity contribution >= 4 is 6.29 Å². The van der Waals surface area contributed by atoms with Gasteiger partial charge in [-0.3, -0.25) is 4.79 Å². The number of halogens is 1. The molecule has 2 rings (SSSR count). The molecule has 0 aliphatic rings. The fourth-order valence-corrected chi connectivity index (χ4v) is 1.61. The number of aldehydes is 1. The van der Waals surface area contributed by atoms with Crippen LogP contribution < -0.4 is 0 Å². The van der Waals surface area contributed by atoms with E-state index in [1.54, 1.807) is 16.8 Å². The predicted octanol–water partition coefficient (Wildman–Crippen LogP) is 2.48. The topological polar surface area (TPSA) is 47.8 Å². The van der Waals surface area contributed by atoms with Crippen LogP contribution in [0.2, 0.25) is 0 Å². The molecule has 5 heteroatoms. The molecule has 0 fully saturated rings. The maximum atomic E-state index is 12.8. The Labute approximate surface area is 98.1 Å². The molecule has 0 aliphatic carbocycles. The summed E-state index contributed by atoms with van der Waals surface area (Å²) in [6.45, 7) is 3.83. The van der Waals surface area contributed by atoms with Crippen LogP contribution in [-0.2, 0) is 0 Å². The van der Waals surface area contributed by atoms with E-state index in [-0.39, 0.29) is 11.9 Å². The first-order valence-corrected chi connectivity index (χ1v) is 5.29. The van der Waals surface area contributed by atoms with Crippen LogP contribution in [0, 0.1) is 5.82 Å². The lowest BCUT2D eigenvalue weighted by molar-refractivity contribution is 0.111. The lowest BCUT2D eigenvalue weighted by Crippen LogP contribution is -2.07. The third-order valence-electron chi connectivity index (χ3n) is 2.45. The molecule has 0 saturated heterocycles. The third kappa shape index (κ3) is 2.08. The maximum absolute atomic E-state index is 12.8. The van der Waals surface area contributed by atoms with Gasteiger partial charge >= 0.3 is 0 Å². The van der Waals surface area contributed by atoms with Crippen molar-refractivity contribution in [1.82, 2.24) is 15.0 Å². The van der Waals surface area contributed by atoms with Gasteiger partial charge in [0, 0.05) is 11.6 Å². The Kier molecular flexibility index (Phi) is 2.99. The minimum Gasteiger partial charge on any atom is -0.296 e. The Balaban J connectivity index is 2.52. The summed E-state index contributed by atoms with van der Waals surface area (Å²) in [5.41, 5.74) is 1.57. The van der Waals surface area contributed by atoms with Gasteiger partial charge in [0.05, 0.1) is 0 Å². The van der Waals surface area contributed by atoms with Crippen molar-refractivity contribution in [3.05, 3.63) is 35.8 Å². The van der Waals surface area contributed by atoms with Crippen molar-refractivity contribution in [2.75, 3.05) is 0 Å². The molecule has 0 bridgehead atoms. The van der Waals surface area contributed by atoms with Crippen LogP contribution in [0.3, 0.4) is 0 Å². The zero-order valence-electron chi connectivity index (χ0n) is 9.59. The van der Waals surface area contributed by atoms with Crippen LogP contribution in [0.4, 0.5) is 4.39 Å². The third-order valence-corrected chi connectivity index (χ3v) is 2.45. The van der Waals surface area contributed by atoms with Crippen molar-refractivity contribution < 1.29 is 9.18 Å². The minimum absolute atomic E-state index is 0.0527. The second kappa shape index (κ2) is 4.45. The van der Waals surface area contributed by atoms with E-state index >= 15 is 0 Å². The van der Waals surface area contributed by atoms with Gasteiger partial charge < -0.3 is 0 Å². The zero-order chi connectivity index (χ0) is 12.4. The summed E-state index contributed by atoms with van der Waals surface area (Å²) in [5.74, 6) is -0.322. The summed E-state index contributed by atoms with van der Waals surface area (Å²) < 4.78 is 14.4. The second-order valence-electron chi connectivity index (χ2n) is 3.99. The molecule has 1 heterocycles. The lowest BCUT2D eigenvalue weighted by Gasteiger charge is -2.05. The highest BCUT2D eigenvalue weighted by Crippen LogP contribution is 2.21. The van der Waals surface area contributed by atoms with Crippen molar-refractivity contribution in [1.29, 1.82) is 0 Å². The van der Waals surface area contributed by atoms with Gasteiger partial charge in [0.15, 0.2) is 6.29 Å². The van der Waals surface area contributed by atoms with Gasteiger partial charge in [0.25, 0.3) is 0 Å². The van der Waals surface area contributed by atoms with Gasteiger partial charge in [-0.25, -0.2) is 9.07 Å². The number of hydrogen-bond acceptors (Lipinski definition) is 3. The van der Waals surface area contributed by atoms with Crippen LogP contribution in [-0.4, -0.2) is 21.3 Å². The Morgan fingerprint density at radius 3 is 2.47 bits per heavy atom. The van der Waals surface area contributed by atoms with Gasteiger partial charge in [0.2, 0.25) is 0 Å². The number of rotatable bonds is 3. The summed E-state index contributed by atoms with van der Waals surface area (Å²) in [6.07, 6.45) is 0.721. The molecule has 1 aromatic carbocycles. The SMILES string of the molecule is CC(C)n1nnc(-c2ccc(F)cc2)c1C=O. The quantitative estimate of drug-likeness (QED) is 0.765. The van der Waals surface area contributed by atoms with Crippen LogP contribution in [0.1, 0.15) is 30.4 Å². The highest BCUT2D eigenvalue weighted by molar-refractivity contribution is 5.83. The minimum atomic E-state index is -0.322. The van der Waals surface area contributed by atoms with E-state index in [1.807, 2.05) is 13.8 Å². The fraction of sp³-hybridized carbons (Fsp3) is 0.250. The summed E-state index contributed by atoms with van der Waals surface area (Å²) in [5, 5.41) is 7.89. The number of benzene rings is 1. The van der Waals surface area contributed by atoms with Gasteiger partial charge in [-0.2, -0.15) is 0 Å². The predicted molar refractivity (Wildman–Crippen MR) is 61.2 cm³/mol. The zero-order valence-corrected chi connectivity index (χ0v) is 9.59. The monoisotopic (exact) mass is 233 g/mol. The molecule has 0 unspecified atom stereocenters. The van der Waals surface area contributed by atoms with Crippen molar-refractivity contribution in [2.45, 2.75) is 19.9 Å². The summed E-state index contributed by atoms with van der Waals surface area (Å²) in [6, 6.07) is 5.88. The highest BCUT2D eigenvalue weighted by Gasteiger charge is 2.15.